The van der Waals surface area contributed by atoms with E-state index in [2.05, 4.69) is 5.32 Å². The van der Waals surface area contributed by atoms with Crippen LogP contribution in [0, 0.1) is 0 Å². The molecular weight excluding hydrogens is 260 g/mol. The maximum Gasteiger partial charge on any atom is 0.322 e. The van der Waals surface area contributed by atoms with Crippen LogP contribution in [0.2, 0.25) is 0 Å². The summed E-state index contributed by atoms with van der Waals surface area (Å²) in [6, 6.07) is 7.49. The van der Waals surface area contributed by atoms with Gasteiger partial charge in [-0.3, -0.25) is 9.59 Å². The van der Waals surface area contributed by atoms with Crippen LogP contribution in [0.4, 0.5) is 0 Å². The van der Waals surface area contributed by atoms with E-state index in [-0.39, 0.29) is 5.91 Å². The highest BCUT2D eigenvalue weighted by molar-refractivity contribution is 6.07. The predicted molar refractivity (Wildman–Crippen MR) is 73.8 cm³/mol. The molecule has 2 aromatic rings. The Labute approximate surface area is 116 Å². The molecule has 0 aliphatic carbocycles. The van der Waals surface area contributed by atoms with Gasteiger partial charge in [0.05, 0.1) is 12.2 Å². The van der Waals surface area contributed by atoms with Gasteiger partial charge in [0, 0.05) is 30.8 Å². The predicted octanol–water partition coefficient (Wildman–Crippen LogP) is 1.10. The SMILES string of the molecule is COCCn1cc(C(=O)NCC(=O)O)c2ccccc21. The van der Waals surface area contributed by atoms with Gasteiger partial charge in [0.15, 0.2) is 0 Å². The van der Waals surface area contributed by atoms with Gasteiger partial charge in [-0.2, -0.15) is 0 Å². The largest absolute Gasteiger partial charge is 0.480 e. The van der Waals surface area contributed by atoms with Crippen LogP contribution < -0.4 is 5.32 Å². The summed E-state index contributed by atoms with van der Waals surface area (Å²) in [5, 5.41) is 11.8. The minimum atomic E-state index is -1.07. The number of amides is 1. The molecule has 0 saturated carbocycles. The van der Waals surface area contributed by atoms with E-state index in [1.807, 2.05) is 28.8 Å². The van der Waals surface area contributed by atoms with Crippen molar-refractivity contribution in [2.75, 3.05) is 20.3 Å². The molecule has 0 fully saturated rings. The van der Waals surface area contributed by atoms with Gasteiger partial charge in [-0.25, -0.2) is 0 Å². The fourth-order valence-electron chi connectivity index (χ4n) is 2.05. The number of methoxy groups -OCH3 is 1. The number of hydrogen-bond acceptors (Lipinski definition) is 3. The Bertz CT molecular complexity index is 633. The Balaban J connectivity index is 2.32. The fourth-order valence-corrected chi connectivity index (χ4v) is 2.05. The number of benzene rings is 1. The van der Waals surface area contributed by atoms with Crippen molar-refractivity contribution < 1.29 is 19.4 Å². The van der Waals surface area contributed by atoms with E-state index >= 15 is 0 Å². The molecule has 106 valence electrons. The Hall–Kier alpha value is -2.34. The lowest BCUT2D eigenvalue weighted by molar-refractivity contribution is -0.135. The topological polar surface area (TPSA) is 80.6 Å². The summed E-state index contributed by atoms with van der Waals surface area (Å²) in [6.45, 7) is 0.772. The van der Waals surface area contributed by atoms with Crippen LogP contribution in [-0.4, -0.2) is 41.8 Å². The van der Waals surface area contributed by atoms with Crippen molar-refractivity contribution in [3.63, 3.8) is 0 Å². The summed E-state index contributed by atoms with van der Waals surface area (Å²) < 4.78 is 6.97. The molecule has 0 spiro atoms. The second kappa shape index (κ2) is 6.21. The van der Waals surface area contributed by atoms with Crippen LogP contribution in [0.3, 0.4) is 0 Å². The molecule has 0 bridgehead atoms. The maximum atomic E-state index is 12.0. The van der Waals surface area contributed by atoms with Gasteiger partial charge in [-0.1, -0.05) is 18.2 Å². The number of hydrogen-bond donors (Lipinski definition) is 2. The number of carbonyl (C=O) groups excluding carboxylic acids is 1. The van der Waals surface area contributed by atoms with Crippen LogP contribution in [0.25, 0.3) is 10.9 Å². The number of fused-ring (bicyclic) bond motifs is 1. The first-order valence-corrected chi connectivity index (χ1v) is 6.20. The van der Waals surface area contributed by atoms with Crippen LogP contribution in [0.1, 0.15) is 10.4 Å². The van der Waals surface area contributed by atoms with E-state index in [1.165, 1.54) is 0 Å². The summed E-state index contributed by atoms with van der Waals surface area (Å²) in [5.41, 5.74) is 1.39. The summed E-state index contributed by atoms with van der Waals surface area (Å²) in [6.07, 6.45) is 1.72. The van der Waals surface area contributed by atoms with Gasteiger partial charge in [0.25, 0.3) is 5.91 Å². The van der Waals surface area contributed by atoms with E-state index in [0.717, 1.165) is 10.9 Å². The third-order valence-corrected chi connectivity index (χ3v) is 2.97. The zero-order chi connectivity index (χ0) is 14.5. The van der Waals surface area contributed by atoms with Gasteiger partial charge < -0.3 is 19.7 Å². The molecule has 0 aliphatic heterocycles. The van der Waals surface area contributed by atoms with Crippen LogP contribution in [0.15, 0.2) is 30.5 Å². The van der Waals surface area contributed by atoms with Crippen LogP contribution in [-0.2, 0) is 16.1 Å². The van der Waals surface area contributed by atoms with Crippen molar-refractivity contribution in [1.82, 2.24) is 9.88 Å². The highest BCUT2D eigenvalue weighted by atomic mass is 16.5. The molecule has 6 heteroatoms. The summed E-state index contributed by atoms with van der Waals surface area (Å²) >= 11 is 0. The molecular formula is C14H16N2O4. The first-order chi connectivity index (χ1) is 9.63. The number of aliphatic carboxylic acids is 1. The molecule has 1 heterocycles. The molecule has 2 rings (SSSR count). The molecule has 1 amide bonds. The number of carboxylic acid groups (broad SMARTS) is 1. The Morgan fingerprint density at radius 2 is 2.10 bits per heavy atom. The number of rotatable bonds is 6. The number of carbonyl (C=O) groups is 2. The lowest BCUT2D eigenvalue weighted by Crippen LogP contribution is -2.29. The van der Waals surface area contributed by atoms with Gasteiger partial charge in [0.2, 0.25) is 0 Å². The van der Waals surface area contributed by atoms with Gasteiger partial charge in [0.1, 0.15) is 6.54 Å². The second-order valence-corrected chi connectivity index (χ2v) is 4.32. The number of nitrogens with one attached hydrogen (secondary N) is 1. The molecule has 20 heavy (non-hydrogen) atoms. The number of para-hydroxylation sites is 1. The third kappa shape index (κ3) is 2.97. The molecule has 0 atom stereocenters. The smallest absolute Gasteiger partial charge is 0.322 e. The van der Waals surface area contributed by atoms with Crippen molar-refractivity contribution >= 4 is 22.8 Å². The molecule has 1 aromatic carbocycles. The maximum absolute atomic E-state index is 12.0. The number of aromatic nitrogens is 1. The van der Waals surface area contributed by atoms with Gasteiger partial charge >= 0.3 is 5.97 Å². The Morgan fingerprint density at radius 3 is 2.80 bits per heavy atom. The van der Waals surface area contributed by atoms with Crippen molar-refractivity contribution in [3.05, 3.63) is 36.0 Å². The zero-order valence-corrected chi connectivity index (χ0v) is 11.1. The molecule has 0 unspecified atom stereocenters. The highest BCUT2D eigenvalue weighted by Crippen LogP contribution is 2.21. The quantitative estimate of drug-likeness (QED) is 0.828. The van der Waals surface area contributed by atoms with E-state index < -0.39 is 12.5 Å². The van der Waals surface area contributed by atoms with Crippen molar-refractivity contribution in [3.8, 4) is 0 Å². The lowest BCUT2D eigenvalue weighted by Gasteiger charge is -2.03. The molecule has 1 aromatic heterocycles. The van der Waals surface area contributed by atoms with E-state index in [9.17, 15) is 9.59 Å². The van der Waals surface area contributed by atoms with Gasteiger partial charge in [-0.15, -0.1) is 0 Å². The first-order valence-electron chi connectivity index (χ1n) is 6.20. The standard InChI is InChI=1S/C14H16N2O4/c1-20-7-6-16-9-11(14(19)15-8-13(17)18)10-4-2-3-5-12(10)16/h2-5,9H,6-8H2,1H3,(H,15,19)(H,17,18). The first kappa shape index (κ1) is 14.1. The van der Waals surface area contributed by atoms with E-state index in [1.54, 1.807) is 13.3 Å². The Morgan fingerprint density at radius 1 is 1.35 bits per heavy atom. The molecule has 0 aliphatic rings. The van der Waals surface area contributed by atoms with E-state index in [4.69, 9.17) is 9.84 Å². The zero-order valence-electron chi connectivity index (χ0n) is 11.1. The van der Waals surface area contributed by atoms with Crippen molar-refractivity contribution in [2.45, 2.75) is 6.54 Å². The minimum absolute atomic E-state index is 0.389. The van der Waals surface area contributed by atoms with Crippen LogP contribution >= 0.6 is 0 Å². The summed E-state index contributed by atoms with van der Waals surface area (Å²) in [5.74, 6) is -1.46. The number of nitrogens with zero attached hydrogens (tertiary/aromatic N) is 1. The summed E-state index contributed by atoms with van der Waals surface area (Å²) in [4.78, 5) is 22.5. The lowest BCUT2D eigenvalue weighted by atomic mass is 10.1. The normalized spacial score (nSPS) is 10.7. The highest BCUT2D eigenvalue weighted by Gasteiger charge is 2.15. The number of carboxylic acids is 1. The molecule has 0 radical (unpaired) electrons. The number of ether oxygens (including phenoxy) is 1. The Kier molecular flexibility index (Phi) is 4.37. The molecule has 2 N–H and O–H groups in total. The van der Waals surface area contributed by atoms with Gasteiger partial charge in [-0.05, 0) is 6.07 Å². The third-order valence-electron chi connectivity index (χ3n) is 2.97. The molecule has 6 nitrogen and oxygen atoms in total. The fraction of sp³-hybridized carbons (Fsp3) is 0.286. The van der Waals surface area contributed by atoms with Crippen molar-refractivity contribution in [1.29, 1.82) is 0 Å². The van der Waals surface area contributed by atoms with E-state index in [0.29, 0.717) is 18.7 Å². The van der Waals surface area contributed by atoms with Crippen molar-refractivity contribution in [2.24, 2.45) is 0 Å². The molecule has 0 saturated heterocycles. The average Bonchev–Trinajstić information content (AvgIpc) is 2.81. The average molecular weight is 276 g/mol. The monoisotopic (exact) mass is 276 g/mol. The summed E-state index contributed by atoms with van der Waals surface area (Å²) in [7, 11) is 1.62. The second-order valence-electron chi connectivity index (χ2n) is 4.32. The van der Waals surface area contributed by atoms with Crippen LogP contribution in [0.5, 0.6) is 0 Å². The minimum Gasteiger partial charge on any atom is -0.480 e.